The van der Waals surface area contributed by atoms with E-state index in [0.29, 0.717) is 5.25 Å². The molecule has 1 heterocycles. The van der Waals surface area contributed by atoms with E-state index in [1.54, 1.807) is 12.1 Å². The molecule has 1 aliphatic carbocycles. The number of benzene rings is 1. The minimum atomic E-state index is -0.182. The predicted octanol–water partition coefficient (Wildman–Crippen LogP) is 3.36. The highest BCUT2D eigenvalue weighted by Crippen LogP contribution is 2.41. The third-order valence-corrected chi connectivity index (χ3v) is 4.82. The van der Waals surface area contributed by atoms with Gasteiger partial charge >= 0.3 is 0 Å². The average Bonchev–Trinajstić information content (AvgIpc) is 3.11. The molecule has 1 aromatic carbocycles. The summed E-state index contributed by atoms with van der Waals surface area (Å²) in [4.78, 5) is 4.54. The van der Waals surface area contributed by atoms with Crippen LogP contribution >= 0.6 is 11.8 Å². The van der Waals surface area contributed by atoms with E-state index in [1.165, 1.54) is 18.9 Å². The number of hydrogen-bond acceptors (Lipinski definition) is 3. The van der Waals surface area contributed by atoms with E-state index in [0.717, 1.165) is 23.2 Å². The Morgan fingerprint density at radius 1 is 1.44 bits per heavy atom. The summed E-state index contributed by atoms with van der Waals surface area (Å²) in [5.41, 5.74) is 0.966. The Morgan fingerprint density at radius 2 is 2.28 bits per heavy atom. The fourth-order valence-corrected chi connectivity index (χ4v) is 3.52. The minimum absolute atomic E-state index is 0.102. The quantitative estimate of drug-likeness (QED) is 0.905. The molecule has 1 aliphatic heterocycles. The first-order valence-corrected chi connectivity index (χ1v) is 7.33. The smallest absolute Gasteiger partial charge is 0.157 e. The summed E-state index contributed by atoms with van der Waals surface area (Å²) in [5.74, 6) is 0.695. The number of nitrogens with zero attached hydrogens (tertiary/aromatic N) is 1. The fourth-order valence-electron chi connectivity index (χ4n) is 2.23. The molecule has 0 bridgehead atoms. The van der Waals surface area contributed by atoms with Gasteiger partial charge in [0.1, 0.15) is 5.82 Å². The summed E-state index contributed by atoms with van der Waals surface area (Å²) in [5, 5.41) is 5.07. The molecule has 2 unspecified atom stereocenters. The van der Waals surface area contributed by atoms with Gasteiger partial charge in [-0.15, -0.1) is 0 Å². The molecule has 0 amide bonds. The van der Waals surface area contributed by atoms with Gasteiger partial charge in [-0.1, -0.05) is 23.9 Å². The Morgan fingerprint density at radius 3 is 3.00 bits per heavy atom. The maximum atomic E-state index is 13.2. The van der Waals surface area contributed by atoms with Gasteiger partial charge in [0.25, 0.3) is 0 Å². The Hall–Kier alpha value is -1.03. The summed E-state index contributed by atoms with van der Waals surface area (Å²) in [6.07, 6.45) is 2.72. The molecule has 1 N–H and O–H groups in total. The van der Waals surface area contributed by atoms with E-state index in [2.05, 4.69) is 10.3 Å². The zero-order chi connectivity index (χ0) is 12.5. The van der Waals surface area contributed by atoms with Crippen LogP contribution in [0.15, 0.2) is 29.3 Å². The maximum Gasteiger partial charge on any atom is 0.157 e. The predicted molar refractivity (Wildman–Crippen MR) is 74.4 cm³/mol. The molecule has 0 spiro atoms. The van der Waals surface area contributed by atoms with E-state index >= 15 is 0 Å². The second-order valence-corrected chi connectivity index (χ2v) is 6.29. The second-order valence-electron chi connectivity index (χ2n) is 5.06. The van der Waals surface area contributed by atoms with E-state index in [1.807, 2.05) is 24.8 Å². The van der Waals surface area contributed by atoms with Crippen LogP contribution in [0.3, 0.4) is 0 Å². The lowest BCUT2D eigenvalue weighted by Crippen LogP contribution is -2.23. The molecule has 0 radical (unpaired) electrons. The SMILES string of the molecule is CC(NC1=NCC(C2CC2)S1)c1cccc(F)c1. The molecule has 2 nitrogen and oxygen atoms in total. The average molecular weight is 264 g/mol. The van der Waals surface area contributed by atoms with Gasteiger partial charge in [-0.3, -0.25) is 4.99 Å². The van der Waals surface area contributed by atoms with E-state index in [-0.39, 0.29) is 11.9 Å². The van der Waals surface area contributed by atoms with Crippen LogP contribution < -0.4 is 5.32 Å². The third kappa shape index (κ3) is 2.69. The number of nitrogens with one attached hydrogen (secondary N) is 1. The van der Waals surface area contributed by atoms with Crippen LogP contribution in [0.4, 0.5) is 4.39 Å². The first-order chi connectivity index (χ1) is 8.72. The molecule has 0 saturated heterocycles. The molecule has 1 fully saturated rings. The van der Waals surface area contributed by atoms with Crippen LogP contribution in [0.1, 0.15) is 31.4 Å². The Bertz CT molecular complexity index is 471. The van der Waals surface area contributed by atoms with Gasteiger partial charge in [0.05, 0.1) is 12.6 Å². The molecule has 4 heteroatoms. The minimum Gasteiger partial charge on any atom is -0.358 e. The van der Waals surface area contributed by atoms with Crippen LogP contribution in [-0.2, 0) is 0 Å². The van der Waals surface area contributed by atoms with Crippen molar-refractivity contribution >= 4 is 16.9 Å². The largest absolute Gasteiger partial charge is 0.358 e. The van der Waals surface area contributed by atoms with Crippen molar-refractivity contribution in [2.45, 2.75) is 31.1 Å². The number of amidine groups is 1. The van der Waals surface area contributed by atoms with Gasteiger partial charge in [0.15, 0.2) is 5.17 Å². The molecular formula is C14H17FN2S. The van der Waals surface area contributed by atoms with Crippen LogP contribution in [0.5, 0.6) is 0 Å². The Balaban J connectivity index is 1.59. The van der Waals surface area contributed by atoms with Crippen molar-refractivity contribution in [2.24, 2.45) is 10.9 Å². The van der Waals surface area contributed by atoms with Gasteiger partial charge in [-0.25, -0.2) is 4.39 Å². The number of rotatable bonds is 3. The summed E-state index contributed by atoms with van der Waals surface area (Å²) in [6.45, 7) is 2.98. The lowest BCUT2D eigenvalue weighted by Gasteiger charge is -2.15. The first-order valence-electron chi connectivity index (χ1n) is 6.45. The van der Waals surface area contributed by atoms with Crippen LogP contribution in [0.25, 0.3) is 0 Å². The summed E-state index contributed by atoms with van der Waals surface area (Å²) >= 11 is 1.85. The van der Waals surface area contributed by atoms with Crippen molar-refractivity contribution in [1.82, 2.24) is 5.32 Å². The van der Waals surface area contributed by atoms with Gasteiger partial charge in [-0.2, -0.15) is 0 Å². The zero-order valence-electron chi connectivity index (χ0n) is 10.4. The molecule has 96 valence electrons. The lowest BCUT2D eigenvalue weighted by atomic mass is 10.1. The van der Waals surface area contributed by atoms with Crippen molar-refractivity contribution in [3.05, 3.63) is 35.6 Å². The molecule has 3 rings (SSSR count). The van der Waals surface area contributed by atoms with Crippen molar-refractivity contribution in [3.63, 3.8) is 0 Å². The summed E-state index contributed by atoms with van der Waals surface area (Å²) < 4.78 is 13.2. The zero-order valence-corrected chi connectivity index (χ0v) is 11.2. The van der Waals surface area contributed by atoms with Crippen LogP contribution in [0, 0.1) is 11.7 Å². The highest BCUT2D eigenvalue weighted by molar-refractivity contribution is 8.14. The highest BCUT2D eigenvalue weighted by Gasteiger charge is 2.35. The number of aliphatic imine (C=N–C) groups is 1. The molecule has 0 aromatic heterocycles. The molecule has 1 aromatic rings. The van der Waals surface area contributed by atoms with Crippen molar-refractivity contribution in [3.8, 4) is 0 Å². The summed E-state index contributed by atoms with van der Waals surface area (Å²) in [7, 11) is 0. The standard InChI is InChI=1S/C14H17FN2S/c1-9(11-3-2-4-12(15)7-11)17-14-16-8-13(18-14)10-5-6-10/h2-4,7,9-10,13H,5-6,8H2,1H3,(H,16,17). The fraction of sp³-hybridized carbons (Fsp3) is 0.500. The molecule has 1 saturated carbocycles. The normalized spacial score (nSPS) is 24.8. The Kier molecular flexibility index (Phi) is 3.29. The van der Waals surface area contributed by atoms with Crippen molar-refractivity contribution in [2.75, 3.05) is 6.54 Å². The third-order valence-electron chi connectivity index (χ3n) is 3.51. The van der Waals surface area contributed by atoms with E-state index in [4.69, 9.17) is 0 Å². The second kappa shape index (κ2) is 4.92. The summed E-state index contributed by atoms with van der Waals surface area (Å²) in [6, 6.07) is 6.85. The van der Waals surface area contributed by atoms with Gasteiger partial charge in [0, 0.05) is 5.25 Å². The lowest BCUT2D eigenvalue weighted by molar-refractivity contribution is 0.618. The molecule has 2 aliphatic rings. The highest BCUT2D eigenvalue weighted by atomic mass is 32.2. The number of hydrogen-bond donors (Lipinski definition) is 1. The van der Waals surface area contributed by atoms with Gasteiger partial charge in [0.2, 0.25) is 0 Å². The topological polar surface area (TPSA) is 24.4 Å². The molecule has 2 atom stereocenters. The van der Waals surface area contributed by atoms with E-state index < -0.39 is 0 Å². The van der Waals surface area contributed by atoms with Crippen molar-refractivity contribution < 1.29 is 4.39 Å². The maximum absolute atomic E-state index is 13.2. The molecule has 18 heavy (non-hydrogen) atoms. The van der Waals surface area contributed by atoms with E-state index in [9.17, 15) is 4.39 Å². The Labute approximate surface area is 111 Å². The monoisotopic (exact) mass is 264 g/mol. The van der Waals surface area contributed by atoms with Crippen LogP contribution in [-0.4, -0.2) is 17.0 Å². The van der Waals surface area contributed by atoms with Crippen LogP contribution in [0.2, 0.25) is 0 Å². The number of halogens is 1. The first kappa shape index (κ1) is 12.0. The van der Waals surface area contributed by atoms with Gasteiger partial charge < -0.3 is 5.32 Å². The van der Waals surface area contributed by atoms with Gasteiger partial charge in [-0.05, 0) is 43.4 Å². The van der Waals surface area contributed by atoms with Crippen molar-refractivity contribution in [1.29, 1.82) is 0 Å². The number of thioether (sulfide) groups is 1. The molecular weight excluding hydrogens is 247 g/mol.